The molecule has 1 amide bonds. The minimum Gasteiger partial charge on any atom is -0.438 e. The fourth-order valence-corrected chi connectivity index (χ4v) is 4.64. The van der Waals surface area contributed by atoms with Gasteiger partial charge in [0.1, 0.15) is 5.75 Å². The molecule has 0 atom stereocenters. The average Bonchev–Trinajstić information content (AvgIpc) is 2.90. The second kappa shape index (κ2) is 10.2. The molecule has 38 heavy (non-hydrogen) atoms. The Labute approximate surface area is 216 Å². The van der Waals surface area contributed by atoms with Crippen molar-refractivity contribution in [2.75, 3.05) is 24.5 Å². The molecule has 1 aromatic heterocycles. The average molecular weight is 533 g/mol. The molecule has 3 aromatic rings. The Morgan fingerprint density at radius 1 is 1.00 bits per heavy atom. The maximum atomic E-state index is 13.9. The lowest BCUT2D eigenvalue weighted by atomic mass is 9.99. The van der Waals surface area contributed by atoms with Crippen LogP contribution in [0, 0.1) is 17.6 Å². The minimum atomic E-state index is -4.58. The van der Waals surface area contributed by atoms with Crippen LogP contribution in [0.25, 0.3) is 0 Å². The van der Waals surface area contributed by atoms with Crippen LogP contribution in [0.2, 0.25) is 0 Å². The zero-order valence-corrected chi connectivity index (χ0v) is 20.6. The van der Waals surface area contributed by atoms with E-state index in [-0.39, 0.29) is 30.3 Å². The molecular formula is C27H25F5N4O2. The van der Waals surface area contributed by atoms with Gasteiger partial charge < -0.3 is 14.5 Å². The fourth-order valence-electron chi connectivity index (χ4n) is 4.64. The van der Waals surface area contributed by atoms with E-state index in [0.29, 0.717) is 29.5 Å². The summed E-state index contributed by atoms with van der Waals surface area (Å²) in [6.45, 7) is 3.91. The smallest absolute Gasteiger partial charge is 0.416 e. The number of rotatable bonds is 4. The summed E-state index contributed by atoms with van der Waals surface area (Å²) < 4.78 is 72.8. The Balaban J connectivity index is 1.47. The molecule has 0 unspecified atom stereocenters. The number of amides is 1. The van der Waals surface area contributed by atoms with Crippen molar-refractivity contribution in [2.45, 2.75) is 38.9 Å². The van der Waals surface area contributed by atoms with Crippen LogP contribution >= 0.6 is 0 Å². The first-order valence-corrected chi connectivity index (χ1v) is 12.3. The normalized spacial score (nSPS) is 16.4. The summed E-state index contributed by atoms with van der Waals surface area (Å²) in [5, 5.41) is 0. The van der Waals surface area contributed by atoms with E-state index in [1.807, 2.05) is 4.90 Å². The lowest BCUT2D eigenvalue weighted by Gasteiger charge is -2.33. The zero-order valence-electron chi connectivity index (χ0n) is 20.6. The van der Waals surface area contributed by atoms with E-state index in [1.165, 1.54) is 23.1 Å². The number of halogens is 5. The van der Waals surface area contributed by atoms with Crippen molar-refractivity contribution in [3.8, 4) is 11.6 Å². The number of fused-ring (bicyclic) bond motifs is 1. The number of hydrogen-bond acceptors (Lipinski definition) is 5. The summed E-state index contributed by atoms with van der Waals surface area (Å²) in [4.78, 5) is 25.9. The van der Waals surface area contributed by atoms with Gasteiger partial charge in [0, 0.05) is 37.7 Å². The molecule has 2 aliphatic heterocycles. The lowest BCUT2D eigenvalue weighted by Crippen LogP contribution is -2.38. The molecule has 200 valence electrons. The highest BCUT2D eigenvalue weighted by molar-refractivity contribution is 5.94. The number of anilines is 1. The number of carbonyl (C=O) groups is 1. The van der Waals surface area contributed by atoms with E-state index in [2.05, 4.69) is 11.9 Å². The van der Waals surface area contributed by atoms with Gasteiger partial charge in [0.15, 0.2) is 11.6 Å². The third kappa shape index (κ3) is 5.41. The van der Waals surface area contributed by atoms with Gasteiger partial charge in [-0.3, -0.25) is 4.79 Å². The Bertz CT molecular complexity index is 1360. The first-order chi connectivity index (χ1) is 18.1. The van der Waals surface area contributed by atoms with Gasteiger partial charge in [-0.25, -0.2) is 13.8 Å². The van der Waals surface area contributed by atoms with Gasteiger partial charge >= 0.3 is 6.18 Å². The molecule has 1 saturated heterocycles. The first-order valence-electron chi connectivity index (χ1n) is 12.3. The highest BCUT2D eigenvalue weighted by atomic mass is 19.4. The molecule has 0 spiro atoms. The SMILES string of the molecule is CC1CCN(c2nc3c(c(Oc4ccc(F)c(F)c4)n2)CN(C(=O)c2cccc(C(F)(F)F)c2)CC3)CC1. The topological polar surface area (TPSA) is 58.6 Å². The molecule has 0 bridgehead atoms. The first kappa shape index (κ1) is 25.9. The summed E-state index contributed by atoms with van der Waals surface area (Å²) in [5.74, 6) is -1.54. The van der Waals surface area contributed by atoms with Crippen LogP contribution in [0.15, 0.2) is 42.5 Å². The van der Waals surface area contributed by atoms with E-state index >= 15 is 0 Å². The molecule has 0 N–H and O–H groups in total. The van der Waals surface area contributed by atoms with Gasteiger partial charge in [-0.1, -0.05) is 13.0 Å². The molecule has 6 nitrogen and oxygen atoms in total. The number of nitrogens with zero attached hydrogens (tertiary/aromatic N) is 4. The number of carbonyl (C=O) groups excluding carboxylic acids is 1. The lowest BCUT2D eigenvalue weighted by molar-refractivity contribution is -0.137. The maximum Gasteiger partial charge on any atom is 0.416 e. The summed E-state index contributed by atoms with van der Waals surface area (Å²) in [7, 11) is 0. The molecular weight excluding hydrogens is 507 g/mol. The number of aromatic nitrogens is 2. The van der Waals surface area contributed by atoms with E-state index in [1.54, 1.807) is 0 Å². The van der Waals surface area contributed by atoms with Crippen LogP contribution in [0.4, 0.5) is 27.9 Å². The van der Waals surface area contributed by atoms with Crippen LogP contribution in [-0.4, -0.2) is 40.4 Å². The van der Waals surface area contributed by atoms with Gasteiger partial charge in [0.25, 0.3) is 5.91 Å². The molecule has 0 aliphatic carbocycles. The summed E-state index contributed by atoms with van der Waals surface area (Å²) >= 11 is 0. The maximum absolute atomic E-state index is 13.9. The minimum absolute atomic E-state index is 0.0132. The second-order valence-corrected chi connectivity index (χ2v) is 9.66. The zero-order chi connectivity index (χ0) is 27.0. The van der Waals surface area contributed by atoms with E-state index in [0.717, 1.165) is 50.2 Å². The fraction of sp³-hybridized carbons (Fsp3) is 0.370. The predicted octanol–water partition coefficient (Wildman–Crippen LogP) is 6.00. The molecule has 2 aromatic carbocycles. The predicted molar refractivity (Wildman–Crippen MR) is 129 cm³/mol. The molecule has 5 rings (SSSR count). The molecule has 0 saturated carbocycles. The molecule has 11 heteroatoms. The highest BCUT2D eigenvalue weighted by Gasteiger charge is 2.33. The van der Waals surface area contributed by atoms with Crippen molar-refractivity contribution in [3.63, 3.8) is 0 Å². The van der Waals surface area contributed by atoms with Gasteiger partial charge in [-0.15, -0.1) is 0 Å². The van der Waals surface area contributed by atoms with Gasteiger partial charge in [0.05, 0.1) is 23.4 Å². The third-order valence-corrected chi connectivity index (χ3v) is 6.91. The van der Waals surface area contributed by atoms with E-state index in [9.17, 15) is 26.7 Å². The Morgan fingerprint density at radius 3 is 2.47 bits per heavy atom. The van der Waals surface area contributed by atoms with Crippen molar-refractivity contribution in [1.29, 1.82) is 0 Å². The van der Waals surface area contributed by atoms with Crippen molar-refractivity contribution in [2.24, 2.45) is 5.92 Å². The van der Waals surface area contributed by atoms with Crippen LogP contribution in [0.3, 0.4) is 0 Å². The monoisotopic (exact) mass is 532 g/mol. The van der Waals surface area contributed by atoms with Crippen LogP contribution in [-0.2, 0) is 19.1 Å². The van der Waals surface area contributed by atoms with E-state index < -0.39 is 29.3 Å². The second-order valence-electron chi connectivity index (χ2n) is 9.66. The number of piperidine rings is 1. The molecule has 3 heterocycles. The molecule has 2 aliphatic rings. The van der Waals surface area contributed by atoms with E-state index in [4.69, 9.17) is 9.72 Å². The largest absolute Gasteiger partial charge is 0.438 e. The molecule has 0 radical (unpaired) electrons. The summed E-state index contributed by atoms with van der Waals surface area (Å²) in [6, 6.07) is 7.38. The van der Waals surface area contributed by atoms with Crippen molar-refractivity contribution in [3.05, 3.63) is 76.5 Å². The van der Waals surface area contributed by atoms with Crippen molar-refractivity contribution < 1.29 is 31.5 Å². The van der Waals surface area contributed by atoms with Gasteiger partial charge in [0.2, 0.25) is 11.8 Å². The number of hydrogen-bond donors (Lipinski definition) is 0. The van der Waals surface area contributed by atoms with Crippen LogP contribution < -0.4 is 9.64 Å². The molecule has 1 fully saturated rings. The number of benzene rings is 2. The van der Waals surface area contributed by atoms with Crippen LogP contribution in [0.5, 0.6) is 11.6 Å². The van der Waals surface area contributed by atoms with Gasteiger partial charge in [-0.05, 0) is 49.1 Å². The summed E-state index contributed by atoms with van der Waals surface area (Å²) in [5.41, 5.74) is 0.105. The van der Waals surface area contributed by atoms with Crippen molar-refractivity contribution in [1.82, 2.24) is 14.9 Å². The summed E-state index contributed by atoms with van der Waals surface area (Å²) in [6.07, 6.45) is -2.31. The third-order valence-electron chi connectivity index (χ3n) is 6.91. The van der Waals surface area contributed by atoms with Gasteiger partial charge in [-0.2, -0.15) is 18.2 Å². The highest BCUT2D eigenvalue weighted by Crippen LogP contribution is 2.34. The van der Waals surface area contributed by atoms with Crippen molar-refractivity contribution >= 4 is 11.9 Å². The quantitative estimate of drug-likeness (QED) is 0.386. The number of alkyl halides is 3. The Kier molecular flexibility index (Phi) is 6.93. The number of ether oxygens (including phenoxy) is 1. The Hall–Kier alpha value is -3.76. The Morgan fingerprint density at radius 2 is 1.76 bits per heavy atom. The standard InChI is InChI=1S/C27H25F5N4O2/c1-16-7-10-35(11-8-16)26-33-23-9-12-36(25(37)17-3-2-4-18(13-17)27(30,31)32)15-20(23)24(34-26)38-19-5-6-21(28)22(29)14-19/h2-6,13-14,16H,7-12,15H2,1H3. The van der Waals surface area contributed by atoms with Crippen LogP contribution in [0.1, 0.15) is 46.9 Å².